The highest BCUT2D eigenvalue weighted by molar-refractivity contribution is 5.87. The van der Waals surface area contributed by atoms with Crippen LogP contribution in [0.3, 0.4) is 0 Å². The second kappa shape index (κ2) is 8.62. The minimum absolute atomic E-state index is 0.114. The fourth-order valence-corrected chi connectivity index (χ4v) is 1.84. The maximum absolute atomic E-state index is 13.8. The Bertz CT molecular complexity index is 591. The van der Waals surface area contributed by atoms with Gasteiger partial charge in [0.15, 0.2) is 11.8 Å². The van der Waals surface area contributed by atoms with E-state index in [1.165, 1.54) is 13.0 Å². The van der Waals surface area contributed by atoms with Crippen molar-refractivity contribution in [2.24, 2.45) is 0 Å². The molecule has 0 saturated heterocycles. The molecule has 3 N–H and O–H groups in total. The van der Waals surface area contributed by atoms with Gasteiger partial charge in [-0.05, 0) is 24.6 Å². The van der Waals surface area contributed by atoms with Crippen LogP contribution >= 0.6 is 0 Å². The van der Waals surface area contributed by atoms with Gasteiger partial charge in [0.1, 0.15) is 11.6 Å². The van der Waals surface area contributed by atoms with Crippen LogP contribution in [0.25, 0.3) is 0 Å². The summed E-state index contributed by atoms with van der Waals surface area (Å²) in [5.41, 5.74) is -0.167. The summed E-state index contributed by atoms with van der Waals surface area (Å²) in [5, 5.41) is 24.5. The lowest BCUT2D eigenvalue weighted by Crippen LogP contribution is -2.13. The minimum Gasteiger partial charge on any atom is -0.494 e. The van der Waals surface area contributed by atoms with Crippen molar-refractivity contribution in [3.05, 3.63) is 29.6 Å². The standard InChI is InChI=1S/C15H18F4N2O3/c1-9(20)24-14(21)8-13(22)11-7-10(3-4-12(11)16)23-6-2-5-15(17,18)19/h3-4,7,13,20-22H,2,5-6,8H2,1H3/t13-/m0/s1. The number of benzene rings is 1. The zero-order valence-corrected chi connectivity index (χ0v) is 12.9. The Morgan fingerprint density at radius 2 is 1.96 bits per heavy atom. The topological polar surface area (TPSA) is 86.4 Å². The molecule has 1 aromatic carbocycles. The molecular formula is C15H18F4N2O3. The minimum atomic E-state index is -4.26. The third kappa shape index (κ3) is 7.40. The fraction of sp³-hybridized carbons (Fsp3) is 0.467. The Morgan fingerprint density at radius 3 is 2.54 bits per heavy atom. The fourth-order valence-electron chi connectivity index (χ4n) is 1.84. The van der Waals surface area contributed by atoms with E-state index in [9.17, 15) is 22.7 Å². The second-order valence-corrected chi connectivity index (χ2v) is 5.05. The predicted octanol–water partition coefficient (Wildman–Crippen LogP) is 3.96. The Balaban J connectivity index is 2.65. The molecule has 24 heavy (non-hydrogen) atoms. The molecule has 0 aromatic heterocycles. The average Bonchev–Trinajstić information content (AvgIpc) is 2.43. The van der Waals surface area contributed by atoms with E-state index in [-0.39, 0.29) is 36.7 Å². The molecule has 9 heteroatoms. The van der Waals surface area contributed by atoms with E-state index in [1.807, 2.05) is 0 Å². The van der Waals surface area contributed by atoms with Gasteiger partial charge >= 0.3 is 6.18 Å². The van der Waals surface area contributed by atoms with Crippen LogP contribution in [0.4, 0.5) is 17.6 Å². The molecule has 0 radical (unpaired) electrons. The SMILES string of the molecule is CC(=N)OC(=N)C[C@H](O)c1cc(OCCCC(F)(F)F)ccc1F. The van der Waals surface area contributed by atoms with Gasteiger partial charge in [-0.25, -0.2) is 4.39 Å². The number of aliphatic hydroxyl groups is 1. The van der Waals surface area contributed by atoms with E-state index >= 15 is 0 Å². The Labute approximate surface area is 136 Å². The van der Waals surface area contributed by atoms with Crippen molar-refractivity contribution in [2.45, 2.75) is 38.5 Å². The van der Waals surface area contributed by atoms with E-state index in [2.05, 4.69) is 4.74 Å². The van der Waals surface area contributed by atoms with E-state index in [0.717, 1.165) is 12.1 Å². The lowest BCUT2D eigenvalue weighted by Gasteiger charge is -2.14. The lowest BCUT2D eigenvalue weighted by atomic mass is 10.1. The highest BCUT2D eigenvalue weighted by Crippen LogP contribution is 2.26. The second-order valence-electron chi connectivity index (χ2n) is 5.05. The van der Waals surface area contributed by atoms with E-state index in [4.69, 9.17) is 15.6 Å². The van der Waals surface area contributed by atoms with Gasteiger partial charge in [-0.1, -0.05) is 0 Å². The summed E-state index contributed by atoms with van der Waals surface area (Å²) < 4.78 is 59.6. The molecule has 0 amide bonds. The Kier molecular flexibility index (Phi) is 7.15. The maximum Gasteiger partial charge on any atom is 0.389 e. The first-order valence-electron chi connectivity index (χ1n) is 7.06. The number of alkyl halides is 3. The first-order valence-corrected chi connectivity index (χ1v) is 7.06. The summed E-state index contributed by atoms with van der Waals surface area (Å²) in [4.78, 5) is 0. The monoisotopic (exact) mass is 350 g/mol. The van der Waals surface area contributed by atoms with Crippen LogP contribution in [-0.2, 0) is 4.74 Å². The van der Waals surface area contributed by atoms with Gasteiger partial charge < -0.3 is 14.6 Å². The summed E-state index contributed by atoms with van der Waals surface area (Å²) in [7, 11) is 0. The Morgan fingerprint density at radius 1 is 1.29 bits per heavy atom. The van der Waals surface area contributed by atoms with Crippen LogP contribution in [0.5, 0.6) is 5.75 Å². The highest BCUT2D eigenvalue weighted by atomic mass is 19.4. The summed E-state index contributed by atoms with van der Waals surface area (Å²) >= 11 is 0. The number of halogens is 4. The molecular weight excluding hydrogens is 332 g/mol. The van der Waals surface area contributed by atoms with E-state index in [0.29, 0.717) is 0 Å². The number of nitrogens with one attached hydrogen (secondary N) is 2. The van der Waals surface area contributed by atoms with Gasteiger partial charge in [0.2, 0.25) is 0 Å². The molecule has 0 unspecified atom stereocenters. The van der Waals surface area contributed by atoms with Gasteiger partial charge in [-0.15, -0.1) is 0 Å². The number of aliphatic hydroxyl groups excluding tert-OH is 1. The van der Waals surface area contributed by atoms with Crippen LogP contribution in [0.1, 0.15) is 37.9 Å². The van der Waals surface area contributed by atoms with Crippen molar-refractivity contribution in [2.75, 3.05) is 6.61 Å². The van der Waals surface area contributed by atoms with Crippen LogP contribution in [-0.4, -0.2) is 29.7 Å². The largest absolute Gasteiger partial charge is 0.494 e. The van der Waals surface area contributed by atoms with Gasteiger partial charge in [0, 0.05) is 18.9 Å². The quantitative estimate of drug-likeness (QED) is 0.301. The lowest BCUT2D eigenvalue weighted by molar-refractivity contribution is -0.136. The molecule has 0 aliphatic heterocycles. The molecule has 134 valence electrons. The molecule has 1 aromatic rings. The van der Waals surface area contributed by atoms with Crippen molar-refractivity contribution >= 4 is 11.8 Å². The molecule has 0 bridgehead atoms. The number of ether oxygens (including phenoxy) is 2. The number of rotatable bonds is 7. The zero-order chi connectivity index (χ0) is 18.3. The maximum atomic E-state index is 13.8. The van der Waals surface area contributed by atoms with Gasteiger partial charge in [-0.2, -0.15) is 13.2 Å². The third-order valence-electron chi connectivity index (χ3n) is 2.85. The molecule has 1 atom stereocenters. The zero-order valence-electron chi connectivity index (χ0n) is 12.9. The van der Waals surface area contributed by atoms with Crippen LogP contribution in [0, 0.1) is 16.6 Å². The molecule has 0 heterocycles. The predicted molar refractivity (Wildman–Crippen MR) is 79.0 cm³/mol. The van der Waals surface area contributed by atoms with Crippen LogP contribution < -0.4 is 4.74 Å². The number of hydrogen-bond donors (Lipinski definition) is 3. The van der Waals surface area contributed by atoms with Crippen molar-refractivity contribution < 1.29 is 32.1 Å². The van der Waals surface area contributed by atoms with Crippen molar-refractivity contribution in [3.8, 4) is 5.75 Å². The normalized spacial score (nSPS) is 12.6. The molecule has 0 saturated carbocycles. The molecule has 0 aliphatic carbocycles. The summed E-state index contributed by atoms with van der Waals surface area (Å²) in [6.07, 6.45) is -7.25. The van der Waals surface area contributed by atoms with Gasteiger partial charge in [0.25, 0.3) is 0 Å². The van der Waals surface area contributed by atoms with E-state index < -0.39 is 30.4 Å². The third-order valence-corrected chi connectivity index (χ3v) is 2.85. The summed E-state index contributed by atoms with van der Waals surface area (Å²) in [6, 6.07) is 3.42. The van der Waals surface area contributed by atoms with E-state index in [1.54, 1.807) is 0 Å². The molecule has 5 nitrogen and oxygen atoms in total. The van der Waals surface area contributed by atoms with Crippen LogP contribution in [0.2, 0.25) is 0 Å². The molecule has 0 fully saturated rings. The smallest absolute Gasteiger partial charge is 0.389 e. The first kappa shape index (κ1) is 19.9. The Hall–Kier alpha value is -2.16. The van der Waals surface area contributed by atoms with Gasteiger partial charge in [-0.3, -0.25) is 10.8 Å². The summed E-state index contributed by atoms with van der Waals surface area (Å²) in [5.74, 6) is -1.28. The van der Waals surface area contributed by atoms with Crippen LogP contribution in [0.15, 0.2) is 18.2 Å². The molecule has 1 rings (SSSR count). The summed E-state index contributed by atoms with van der Waals surface area (Å²) in [6.45, 7) is 1.10. The van der Waals surface area contributed by atoms with Crippen molar-refractivity contribution in [1.82, 2.24) is 0 Å². The highest BCUT2D eigenvalue weighted by Gasteiger charge is 2.26. The van der Waals surface area contributed by atoms with Crippen molar-refractivity contribution in [1.29, 1.82) is 10.8 Å². The number of hydrogen-bond acceptors (Lipinski definition) is 5. The average molecular weight is 350 g/mol. The first-order chi connectivity index (χ1) is 11.1. The van der Waals surface area contributed by atoms with Gasteiger partial charge in [0.05, 0.1) is 19.1 Å². The molecule has 0 spiro atoms. The molecule has 0 aliphatic rings. The van der Waals surface area contributed by atoms with Crippen molar-refractivity contribution in [3.63, 3.8) is 0 Å².